The number of nitrogens with two attached hydrogens (primary N) is 1. The van der Waals surface area contributed by atoms with E-state index in [0.717, 1.165) is 53.1 Å². The van der Waals surface area contributed by atoms with Crippen LogP contribution < -0.4 is 5.73 Å². The first-order chi connectivity index (χ1) is 12.7. The van der Waals surface area contributed by atoms with Gasteiger partial charge in [0.15, 0.2) is 0 Å². The Morgan fingerprint density at radius 3 is 2.23 bits per heavy atom. The molecule has 0 aliphatic heterocycles. The second kappa shape index (κ2) is 8.95. The Morgan fingerprint density at radius 2 is 1.54 bits per heavy atom. The lowest BCUT2D eigenvalue weighted by Gasteiger charge is -2.23. The Bertz CT molecular complexity index is 825. The number of hydrogen-bond acceptors (Lipinski definition) is 1. The van der Waals surface area contributed by atoms with Crippen LogP contribution in [0, 0.1) is 0 Å². The molecule has 0 saturated heterocycles. The van der Waals surface area contributed by atoms with Gasteiger partial charge in [-0.3, -0.25) is 0 Å². The van der Waals surface area contributed by atoms with Gasteiger partial charge in [0.2, 0.25) is 0 Å². The van der Waals surface area contributed by atoms with E-state index < -0.39 is 6.17 Å². The largest absolute Gasteiger partial charge is 0.326 e. The van der Waals surface area contributed by atoms with Gasteiger partial charge in [-0.15, -0.1) is 0 Å². The second-order valence-electron chi connectivity index (χ2n) is 7.06. The normalized spacial score (nSPS) is 13.7. The van der Waals surface area contributed by atoms with Crippen molar-refractivity contribution in [2.45, 2.75) is 51.2 Å². The first-order valence-electron chi connectivity index (χ1n) is 9.64. The third kappa shape index (κ3) is 4.31. The lowest BCUT2D eigenvalue weighted by molar-refractivity contribution is 0.273. The van der Waals surface area contributed by atoms with Gasteiger partial charge in [0.05, 0.1) is 0 Å². The molecule has 0 spiro atoms. The summed E-state index contributed by atoms with van der Waals surface area (Å²) in [5.74, 6) is -0.116. The fourth-order valence-corrected chi connectivity index (χ4v) is 3.61. The average molecular weight is 349 g/mol. The van der Waals surface area contributed by atoms with Crippen LogP contribution in [0.1, 0.15) is 61.4 Å². The zero-order chi connectivity index (χ0) is 18.4. The van der Waals surface area contributed by atoms with Gasteiger partial charge >= 0.3 is 0 Å². The molecule has 2 N–H and O–H groups in total. The summed E-state index contributed by atoms with van der Waals surface area (Å²) in [4.78, 5) is 0. The van der Waals surface area contributed by atoms with E-state index in [1.807, 2.05) is 60.7 Å². The summed E-state index contributed by atoms with van der Waals surface area (Å²) in [6.45, 7) is 2.70. The summed E-state index contributed by atoms with van der Waals surface area (Å²) in [6, 6.07) is 22.2. The Hall–Kier alpha value is -2.19. The van der Waals surface area contributed by atoms with E-state index in [1.165, 1.54) is 0 Å². The van der Waals surface area contributed by atoms with Crippen molar-refractivity contribution in [1.82, 2.24) is 0 Å². The molecule has 3 aromatic rings. The molecule has 0 fully saturated rings. The monoisotopic (exact) mass is 349 g/mol. The fourth-order valence-electron chi connectivity index (χ4n) is 3.61. The predicted molar refractivity (Wildman–Crippen MR) is 109 cm³/mol. The Labute approximate surface area is 156 Å². The van der Waals surface area contributed by atoms with Crippen molar-refractivity contribution in [3.63, 3.8) is 0 Å². The van der Waals surface area contributed by atoms with Crippen LogP contribution in [0.25, 0.3) is 10.8 Å². The number of rotatable bonds is 8. The molecule has 3 aromatic carbocycles. The SMILES string of the molecule is CCCCCC(c1ccc(CN)cc1)C(F)c1ccc2ccccc2c1. The molecule has 0 heterocycles. The van der Waals surface area contributed by atoms with Crippen molar-refractivity contribution in [3.05, 3.63) is 83.4 Å². The smallest absolute Gasteiger partial charge is 0.132 e. The number of hydrogen-bond donors (Lipinski definition) is 1. The first kappa shape index (κ1) is 18.6. The number of benzene rings is 3. The van der Waals surface area contributed by atoms with Gasteiger partial charge in [-0.05, 0) is 39.9 Å². The quantitative estimate of drug-likeness (QED) is 0.451. The van der Waals surface area contributed by atoms with Gasteiger partial charge in [0.1, 0.15) is 6.17 Å². The Morgan fingerprint density at radius 1 is 0.846 bits per heavy atom. The maximum atomic E-state index is 15.6. The van der Waals surface area contributed by atoms with Gasteiger partial charge in [0, 0.05) is 12.5 Å². The fraction of sp³-hybridized carbons (Fsp3) is 0.333. The molecule has 2 unspecified atom stereocenters. The van der Waals surface area contributed by atoms with Crippen molar-refractivity contribution in [2.24, 2.45) is 5.73 Å². The topological polar surface area (TPSA) is 26.0 Å². The van der Waals surface area contributed by atoms with Crippen LogP contribution in [-0.4, -0.2) is 0 Å². The molecule has 26 heavy (non-hydrogen) atoms. The maximum absolute atomic E-state index is 15.6. The molecule has 1 nitrogen and oxygen atoms in total. The standard InChI is InChI=1S/C24H28FN/c1-2-3-4-9-23(20-12-10-18(17-26)11-13-20)24(25)22-15-14-19-7-5-6-8-21(19)16-22/h5-8,10-16,23-24H,2-4,9,17,26H2,1H3. The van der Waals surface area contributed by atoms with Crippen molar-refractivity contribution in [1.29, 1.82) is 0 Å². The van der Waals surface area contributed by atoms with E-state index in [4.69, 9.17) is 5.73 Å². The van der Waals surface area contributed by atoms with E-state index in [2.05, 4.69) is 13.0 Å². The van der Waals surface area contributed by atoms with Gasteiger partial charge in [0.25, 0.3) is 0 Å². The summed E-state index contributed by atoms with van der Waals surface area (Å²) in [5, 5.41) is 2.25. The molecule has 0 aliphatic rings. The number of fused-ring (bicyclic) bond motifs is 1. The zero-order valence-corrected chi connectivity index (χ0v) is 15.5. The highest BCUT2D eigenvalue weighted by Gasteiger charge is 2.24. The average Bonchev–Trinajstić information content (AvgIpc) is 2.70. The molecule has 136 valence electrons. The minimum atomic E-state index is -1.000. The number of unbranched alkanes of at least 4 members (excludes halogenated alkanes) is 2. The van der Waals surface area contributed by atoms with E-state index in [0.29, 0.717) is 6.54 Å². The van der Waals surface area contributed by atoms with Crippen LogP contribution in [0.5, 0.6) is 0 Å². The number of alkyl halides is 1. The molecule has 0 saturated carbocycles. The second-order valence-corrected chi connectivity index (χ2v) is 7.06. The third-order valence-corrected chi connectivity index (χ3v) is 5.21. The Balaban J connectivity index is 1.89. The molecule has 0 radical (unpaired) electrons. The Kier molecular flexibility index (Phi) is 6.40. The summed E-state index contributed by atoms with van der Waals surface area (Å²) in [6.07, 6.45) is 3.20. The van der Waals surface area contributed by atoms with Crippen molar-refractivity contribution in [3.8, 4) is 0 Å². The van der Waals surface area contributed by atoms with Crippen LogP contribution in [0.4, 0.5) is 4.39 Å². The summed E-state index contributed by atoms with van der Waals surface area (Å²) >= 11 is 0. The summed E-state index contributed by atoms with van der Waals surface area (Å²) in [5.41, 5.74) is 8.63. The lowest BCUT2D eigenvalue weighted by Crippen LogP contribution is -2.08. The highest BCUT2D eigenvalue weighted by atomic mass is 19.1. The van der Waals surface area contributed by atoms with Crippen LogP contribution in [0.2, 0.25) is 0 Å². The van der Waals surface area contributed by atoms with Crippen LogP contribution >= 0.6 is 0 Å². The van der Waals surface area contributed by atoms with E-state index in [-0.39, 0.29) is 5.92 Å². The van der Waals surface area contributed by atoms with Crippen molar-refractivity contribution >= 4 is 10.8 Å². The summed E-state index contributed by atoms with van der Waals surface area (Å²) < 4.78 is 15.6. The minimum Gasteiger partial charge on any atom is -0.326 e. The van der Waals surface area contributed by atoms with Gasteiger partial charge in [-0.2, -0.15) is 0 Å². The first-order valence-corrected chi connectivity index (χ1v) is 9.64. The van der Waals surface area contributed by atoms with Gasteiger partial charge in [-0.25, -0.2) is 4.39 Å². The molecular formula is C24H28FN. The summed E-state index contributed by atoms with van der Waals surface area (Å²) in [7, 11) is 0. The van der Waals surface area contributed by atoms with E-state index >= 15 is 4.39 Å². The van der Waals surface area contributed by atoms with E-state index in [9.17, 15) is 0 Å². The molecule has 0 aromatic heterocycles. The number of halogens is 1. The highest BCUT2D eigenvalue weighted by molar-refractivity contribution is 5.83. The van der Waals surface area contributed by atoms with Gasteiger partial charge < -0.3 is 5.73 Å². The molecular weight excluding hydrogens is 321 g/mol. The zero-order valence-electron chi connectivity index (χ0n) is 15.5. The molecule has 0 aliphatic carbocycles. The van der Waals surface area contributed by atoms with Crippen molar-refractivity contribution < 1.29 is 4.39 Å². The van der Waals surface area contributed by atoms with Crippen LogP contribution in [0.15, 0.2) is 66.7 Å². The van der Waals surface area contributed by atoms with Gasteiger partial charge in [-0.1, -0.05) is 86.8 Å². The third-order valence-electron chi connectivity index (χ3n) is 5.21. The molecule has 0 bridgehead atoms. The molecule has 3 rings (SSSR count). The maximum Gasteiger partial charge on any atom is 0.132 e. The van der Waals surface area contributed by atoms with Crippen LogP contribution in [-0.2, 0) is 6.54 Å². The van der Waals surface area contributed by atoms with E-state index in [1.54, 1.807) is 0 Å². The molecule has 2 heteroatoms. The highest BCUT2D eigenvalue weighted by Crippen LogP contribution is 2.39. The predicted octanol–water partition coefficient (Wildman–Crippen LogP) is 6.67. The lowest BCUT2D eigenvalue weighted by atomic mass is 9.85. The van der Waals surface area contributed by atoms with Crippen LogP contribution in [0.3, 0.4) is 0 Å². The molecule has 0 amide bonds. The minimum absolute atomic E-state index is 0.116. The van der Waals surface area contributed by atoms with Crippen molar-refractivity contribution in [2.75, 3.05) is 0 Å². The molecule has 2 atom stereocenters.